The smallest absolute Gasteiger partial charge is 0.314 e. The highest BCUT2D eigenvalue weighted by Gasteiger charge is 2.47. The van der Waals surface area contributed by atoms with Crippen LogP contribution >= 0.6 is 15.9 Å². The minimum Gasteiger partial charge on any atom is -0.481 e. The number of hydrogen-bond acceptors (Lipinski definition) is 2. The SMILES string of the molecule is N#Cc1ccc(Br)c(C2(C(=O)O)CCC2)c1. The molecule has 3 nitrogen and oxygen atoms in total. The second kappa shape index (κ2) is 3.91. The number of aliphatic carboxylic acids is 1. The summed E-state index contributed by atoms with van der Waals surface area (Å²) in [4.78, 5) is 11.4. The summed E-state index contributed by atoms with van der Waals surface area (Å²) in [5, 5.41) is 18.2. The van der Waals surface area contributed by atoms with Gasteiger partial charge in [-0.1, -0.05) is 22.4 Å². The van der Waals surface area contributed by atoms with Crippen molar-refractivity contribution >= 4 is 21.9 Å². The lowest BCUT2D eigenvalue weighted by atomic mass is 9.64. The summed E-state index contributed by atoms with van der Waals surface area (Å²) in [5.74, 6) is -0.797. The number of halogens is 1. The lowest BCUT2D eigenvalue weighted by molar-refractivity contribution is -0.147. The Balaban J connectivity index is 2.54. The zero-order valence-corrected chi connectivity index (χ0v) is 10.1. The molecule has 1 N–H and O–H groups in total. The number of benzene rings is 1. The average molecular weight is 280 g/mol. The first-order valence-electron chi connectivity index (χ1n) is 5.04. The van der Waals surface area contributed by atoms with Crippen LogP contribution in [0.2, 0.25) is 0 Å². The first-order chi connectivity index (χ1) is 7.60. The van der Waals surface area contributed by atoms with Gasteiger partial charge < -0.3 is 5.11 Å². The van der Waals surface area contributed by atoms with E-state index in [-0.39, 0.29) is 0 Å². The van der Waals surface area contributed by atoms with Gasteiger partial charge in [-0.05, 0) is 36.6 Å². The Morgan fingerprint density at radius 2 is 2.19 bits per heavy atom. The second-order valence-electron chi connectivity index (χ2n) is 4.05. The zero-order valence-electron chi connectivity index (χ0n) is 8.53. The number of rotatable bonds is 2. The van der Waals surface area contributed by atoms with Crippen LogP contribution in [0, 0.1) is 11.3 Å². The highest BCUT2D eigenvalue weighted by molar-refractivity contribution is 9.10. The quantitative estimate of drug-likeness (QED) is 0.906. The molecule has 2 rings (SSSR count). The van der Waals surface area contributed by atoms with E-state index in [2.05, 4.69) is 15.9 Å². The van der Waals surface area contributed by atoms with Gasteiger partial charge in [0, 0.05) is 4.47 Å². The van der Waals surface area contributed by atoms with E-state index >= 15 is 0 Å². The lowest BCUT2D eigenvalue weighted by Gasteiger charge is -2.38. The Morgan fingerprint density at radius 1 is 1.50 bits per heavy atom. The number of hydrogen-bond donors (Lipinski definition) is 1. The molecule has 0 radical (unpaired) electrons. The topological polar surface area (TPSA) is 61.1 Å². The highest BCUT2D eigenvalue weighted by atomic mass is 79.9. The summed E-state index contributed by atoms with van der Waals surface area (Å²) in [7, 11) is 0. The monoisotopic (exact) mass is 279 g/mol. The standard InChI is InChI=1S/C12H10BrNO2/c13-10-3-2-8(7-14)6-9(10)12(11(15)16)4-1-5-12/h2-3,6H,1,4-5H2,(H,15,16). The molecule has 4 heteroatoms. The van der Waals surface area contributed by atoms with Crippen LogP contribution < -0.4 is 0 Å². The molecule has 0 bridgehead atoms. The van der Waals surface area contributed by atoms with Crippen molar-refractivity contribution in [1.29, 1.82) is 5.26 Å². The Morgan fingerprint density at radius 3 is 2.62 bits per heavy atom. The molecule has 1 aromatic rings. The van der Waals surface area contributed by atoms with Gasteiger partial charge in [0.25, 0.3) is 0 Å². The maximum atomic E-state index is 11.4. The van der Waals surface area contributed by atoms with Crippen molar-refractivity contribution in [1.82, 2.24) is 0 Å². The minimum atomic E-state index is -0.797. The maximum Gasteiger partial charge on any atom is 0.314 e. The van der Waals surface area contributed by atoms with Crippen LogP contribution in [0.4, 0.5) is 0 Å². The van der Waals surface area contributed by atoms with Crippen molar-refractivity contribution in [3.8, 4) is 6.07 Å². The summed E-state index contributed by atoms with van der Waals surface area (Å²) in [6.45, 7) is 0. The molecule has 0 unspecified atom stereocenters. The molecule has 0 atom stereocenters. The highest BCUT2D eigenvalue weighted by Crippen LogP contribution is 2.46. The number of carboxylic acid groups (broad SMARTS) is 1. The van der Waals surface area contributed by atoms with Gasteiger partial charge in [-0.25, -0.2) is 0 Å². The van der Waals surface area contributed by atoms with Crippen molar-refractivity contribution in [2.24, 2.45) is 0 Å². The van der Waals surface area contributed by atoms with Gasteiger partial charge in [-0.15, -0.1) is 0 Å². The fraction of sp³-hybridized carbons (Fsp3) is 0.333. The van der Waals surface area contributed by atoms with Gasteiger partial charge in [0.2, 0.25) is 0 Å². The molecule has 0 aromatic heterocycles. The lowest BCUT2D eigenvalue weighted by Crippen LogP contribution is -2.42. The Labute approximate surface area is 102 Å². The normalized spacial score (nSPS) is 17.2. The third-order valence-corrected chi connectivity index (χ3v) is 3.92. The third kappa shape index (κ3) is 1.52. The van der Waals surface area contributed by atoms with Crippen LogP contribution in [-0.4, -0.2) is 11.1 Å². The van der Waals surface area contributed by atoms with E-state index < -0.39 is 11.4 Å². The van der Waals surface area contributed by atoms with Gasteiger partial charge in [-0.3, -0.25) is 4.79 Å². The zero-order chi connectivity index (χ0) is 11.8. The van der Waals surface area contributed by atoms with Crippen molar-refractivity contribution in [3.05, 3.63) is 33.8 Å². The molecule has 0 aliphatic heterocycles. The first-order valence-corrected chi connectivity index (χ1v) is 5.83. The molecule has 1 saturated carbocycles. The molecule has 1 aliphatic rings. The van der Waals surface area contributed by atoms with Crippen LogP contribution in [0.25, 0.3) is 0 Å². The van der Waals surface area contributed by atoms with Crippen LogP contribution in [0.1, 0.15) is 30.4 Å². The van der Waals surface area contributed by atoms with E-state index in [4.69, 9.17) is 5.26 Å². The fourth-order valence-electron chi connectivity index (χ4n) is 2.09. The van der Waals surface area contributed by atoms with Gasteiger partial charge in [0.1, 0.15) is 0 Å². The van der Waals surface area contributed by atoms with Crippen molar-refractivity contribution in [2.45, 2.75) is 24.7 Å². The fourth-order valence-corrected chi connectivity index (χ4v) is 2.72. The van der Waals surface area contributed by atoms with Crippen molar-refractivity contribution < 1.29 is 9.90 Å². The van der Waals surface area contributed by atoms with E-state index in [1.165, 1.54) is 0 Å². The second-order valence-corrected chi connectivity index (χ2v) is 4.90. The molecule has 1 aromatic carbocycles. The summed E-state index contributed by atoms with van der Waals surface area (Å²) in [5.41, 5.74) is 0.446. The summed E-state index contributed by atoms with van der Waals surface area (Å²) >= 11 is 3.37. The van der Waals surface area contributed by atoms with Crippen LogP contribution in [-0.2, 0) is 10.2 Å². The van der Waals surface area contributed by atoms with E-state index in [0.29, 0.717) is 18.4 Å². The summed E-state index contributed by atoms with van der Waals surface area (Å²) in [6, 6.07) is 7.15. The van der Waals surface area contributed by atoms with E-state index in [0.717, 1.165) is 16.5 Å². The number of nitrogens with zero attached hydrogens (tertiary/aromatic N) is 1. The Hall–Kier alpha value is -1.34. The number of carboxylic acids is 1. The molecule has 82 valence electrons. The molecule has 1 aliphatic carbocycles. The summed E-state index contributed by atoms with van der Waals surface area (Å²) < 4.78 is 0.772. The van der Waals surface area contributed by atoms with Gasteiger partial charge >= 0.3 is 5.97 Å². The van der Waals surface area contributed by atoms with Crippen molar-refractivity contribution in [3.63, 3.8) is 0 Å². The van der Waals surface area contributed by atoms with Gasteiger partial charge in [0.15, 0.2) is 0 Å². The maximum absolute atomic E-state index is 11.4. The summed E-state index contributed by atoms with van der Waals surface area (Å²) in [6.07, 6.45) is 2.22. The number of nitriles is 1. The van der Waals surface area contributed by atoms with E-state index in [1.54, 1.807) is 18.2 Å². The first kappa shape index (κ1) is 11.2. The third-order valence-electron chi connectivity index (χ3n) is 3.23. The molecule has 0 saturated heterocycles. The Bertz CT molecular complexity index is 486. The molecule has 1 fully saturated rings. The molecule has 0 amide bonds. The minimum absolute atomic E-state index is 0.505. The van der Waals surface area contributed by atoms with E-state index in [1.807, 2.05) is 6.07 Å². The Kier molecular flexibility index (Phi) is 2.73. The van der Waals surface area contributed by atoms with Gasteiger partial charge in [-0.2, -0.15) is 5.26 Å². The predicted molar refractivity (Wildman–Crippen MR) is 62.0 cm³/mol. The number of carbonyl (C=O) groups is 1. The molecule has 0 spiro atoms. The molecular weight excluding hydrogens is 270 g/mol. The van der Waals surface area contributed by atoms with E-state index in [9.17, 15) is 9.90 Å². The van der Waals surface area contributed by atoms with Crippen LogP contribution in [0.15, 0.2) is 22.7 Å². The van der Waals surface area contributed by atoms with Crippen LogP contribution in [0.3, 0.4) is 0 Å². The molecular formula is C12H10BrNO2. The van der Waals surface area contributed by atoms with Crippen molar-refractivity contribution in [2.75, 3.05) is 0 Å². The average Bonchev–Trinajstić information content (AvgIpc) is 2.18. The molecule has 0 heterocycles. The van der Waals surface area contributed by atoms with Gasteiger partial charge in [0.05, 0.1) is 17.0 Å². The largest absolute Gasteiger partial charge is 0.481 e. The molecule has 16 heavy (non-hydrogen) atoms. The van der Waals surface area contributed by atoms with Crippen LogP contribution in [0.5, 0.6) is 0 Å². The predicted octanol–water partition coefficient (Wildman–Crippen LogP) is 2.83.